The average Bonchev–Trinajstić information content (AvgIpc) is 2.61. The van der Waals surface area contributed by atoms with Gasteiger partial charge in [0.1, 0.15) is 5.82 Å². The fraction of sp³-hybridized carbons (Fsp3) is 0.727. The van der Waals surface area contributed by atoms with Crippen molar-refractivity contribution in [1.82, 2.24) is 20.2 Å². The van der Waals surface area contributed by atoms with E-state index in [0.717, 1.165) is 45.0 Å². The van der Waals surface area contributed by atoms with Gasteiger partial charge in [-0.15, -0.1) is 0 Å². The fourth-order valence-electron chi connectivity index (χ4n) is 1.97. The summed E-state index contributed by atoms with van der Waals surface area (Å²) in [4.78, 5) is 10.4. The Hall–Kier alpha value is -0.870. The molecule has 0 bridgehead atoms. The number of nitrogens with one attached hydrogen (secondary N) is 2. The lowest BCUT2D eigenvalue weighted by Gasteiger charge is -2.26. The lowest BCUT2D eigenvalue weighted by atomic mass is 10.3. The largest absolute Gasteiger partial charge is 0.346 e. The summed E-state index contributed by atoms with van der Waals surface area (Å²) < 4.78 is 0. The van der Waals surface area contributed by atoms with E-state index in [1.165, 1.54) is 11.4 Å². The zero-order valence-corrected chi connectivity index (χ0v) is 9.64. The van der Waals surface area contributed by atoms with Gasteiger partial charge in [-0.3, -0.25) is 4.90 Å². The molecule has 1 fully saturated rings. The van der Waals surface area contributed by atoms with Crippen molar-refractivity contribution in [3.05, 3.63) is 17.2 Å². The summed E-state index contributed by atoms with van der Waals surface area (Å²) in [6.45, 7) is 9.70. The van der Waals surface area contributed by atoms with Crippen molar-refractivity contribution < 1.29 is 0 Å². The molecule has 0 aromatic carbocycles. The van der Waals surface area contributed by atoms with Crippen LogP contribution in [0.1, 0.15) is 24.1 Å². The molecule has 1 aliphatic heterocycles. The third-order valence-electron chi connectivity index (χ3n) is 2.95. The Kier molecular flexibility index (Phi) is 3.38. The number of rotatable bonds is 3. The molecule has 15 heavy (non-hydrogen) atoms. The highest BCUT2D eigenvalue weighted by Gasteiger charge is 2.13. The molecule has 0 aliphatic carbocycles. The molecule has 4 heteroatoms. The minimum atomic E-state index is 0.988. The van der Waals surface area contributed by atoms with Gasteiger partial charge >= 0.3 is 0 Å². The van der Waals surface area contributed by atoms with E-state index in [4.69, 9.17) is 0 Å². The quantitative estimate of drug-likeness (QED) is 0.768. The number of aryl methyl sites for hydroxylation is 2. The van der Waals surface area contributed by atoms with Crippen LogP contribution in [0.2, 0.25) is 0 Å². The Bertz CT molecular complexity index is 312. The molecule has 2 heterocycles. The molecule has 0 atom stereocenters. The average molecular weight is 208 g/mol. The van der Waals surface area contributed by atoms with Gasteiger partial charge in [-0.2, -0.15) is 0 Å². The topological polar surface area (TPSA) is 44.0 Å². The predicted octanol–water partition coefficient (Wildman–Crippen LogP) is 0.686. The molecule has 2 rings (SSSR count). The zero-order chi connectivity index (χ0) is 10.7. The predicted molar refractivity (Wildman–Crippen MR) is 60.8 cm³/mol. The van der Waals surface area contributed by atoms with E-state index in [9.17, 15) is 0 Å². The Balaban J connectivity index is 1.99. The van der Waals surface area contributed by atoms with Crippen LogP contribution in [-0.4, -0.2) is 41.0 Å². The lowest BCUT2D eigenvalue weighted by molar-refractivity contribution is 0.230. The van der Waals surface area contributed by atoms with Crippen LogP contribution >= 0.6 is 0 Å². The molecule has 0 spiro atoms. The second-order valence-corrected chi connectivity index (χ2v) is 4.13. The maximum Gasteiger partial charge on any atom is 0.106 e. The van der Waals surface area contributed by atoms with Gasteiger partial charge in [-0.05, 0) is 6.92 Å². The summed E-state index contributed by atoms with van der Waals surface area (Å²) in [7, 11) is 0. The van der Waals surface area contributed by atoms with Gasteiger partial charge in [-0.1, -0.05) is 6.92 Å². The molecule has 1 aromatic rings. The molecule has 1 aromatic heterocycles. The van der Waals surface area contributed by atoms with Gasteiger partial charge in [0.25, 0.3) is 0 Å². The van der Waals surface area contributed by atoms with Gasteiger partial charge in [0.15, 0.2) is 0 Å². The maximum atomic E-state index is 4.60. The summed E-state index contributed by atoms with van der Waals surface area (Å²) in [6.07, 6.45) is 0.988. The summed E-state index contributed by atoms with van der Waals surface area (Å²) >= 11 is 0. The summed E-state index contributed by atoms with van der Waals surface area (Å²) in [5.74, 6) is 1.11. The minimum Gasteiger partial charge on any atom is -0.346 e. The highest BCUT2D eigenvalue weighted by atomic mass is 15.2. The third-order valence-corrected chi connectivity index (χ3v) is 2.95. The monoisotopic (exact) mass is 208 g/mol. The molecule has 84 valence electrons. The third kappa shape index (κ3) is 2.58. The Morgan fingerprint density at radius 1 is 1.33 bits per heavy atom. The van der Waals surface area contributed by atoms with Crippen LogP contribution < -0.4 is 5.32 Å². The van der Waals surface area contributed by atoms with Gasteiger partial charge in [-0.25, -0.2) is 4.98 Å². The normalized spacial score (nSPS) is 18.3. The molecule has 0 amide bonds. The van der Waals surface area contributed by atoms with Crippen molar-refractivity contribution in [1.29, 1.82) is 0 Å². The van der Waals surface area contributed by atoms with Gasteiger partial charge < -0.3 is 10.3 Å². The summed E-state index contributed by atoms with van der Waals surface area (Å²) in [5, 5.41) is 3.36. The first-order valence-electron chi connectivity index (χ1n) is 5.77. The number of aromatic nitrogens is 2. The van der Waals surface area contributed by atoms with Crippen molar-refractivity contribution in [3.63, 3.8) is 0 Å². The molecular formula is C11H20N4. The number of aromatic amines is 1. The number of hydrogen-bond donors (Lipinski definition) is 2. The first-order chi connectivity index (χ1) is 7.29. The molecule has 1 saturated heterocycles. The maximum absolute atomic E-state index is 4.60. The number of imidazole rings is 1. The standard InChI is InChI=1S/C11H20N4/c1-3-11-13-9(2)10(14-11)8-15-6-4-12-5-7-15/h12H,3-8H2,1-2H3,(H,13,14). The van der Waals surface area contributed by atoms with Crippen molar-refractivity contribution >= 4 is 0 Å². The van der Waals surface area contributed by atoms with Crippen LogP contribution in [0.15, 0.2) is 0 Å². The first-order valence-corrected chi connectivity index (χ1v) is 5.77. The van der Waals surface area contributed by atoms with E-state index in [0.29, 0.717) is 0 Å². The van der Waals surface area contributed by atoms with Crippen LogP contribution in [0.4, 0.5) is 0 Å². The van der Waals surface area contributed by atoms with Crippen molar-refractivity contribution in [2.24, 2.45) is 0 Å². The van der Waals surface area contributed by atoms with Crippen LogP contribution in [0, 0.1) is 6.92 Å². The minimum absolute atomic E-state index is 0.988. The number of nitrogens with zero attached hydrogens (tertiary/aromatic N) is 2. The lowest BCUT2D eigenvalue weighted by Crippen LogP contribution is -2.43. The van der Waals surface area contributed by atoms with Crippen LogP contribution in [0.3, 0.4) is 0 Å². The van der Waals surface area contributed by atoms with Gasteiger partial charge in [0, 0.05) is 44.8 Å². The second-order valence-electron chi connectivity index (χ2n) is 4.13. The van der Waals surface area contributed by atoms with Crippen molar-refractivity contribution in [2.75, 3.05) is 26.2 Å². The molecule has 0 unspecified atom stereocenters. The van der Waals surface area contributed by atoms with Gasteiger partial charge in [0.2, 0.25) is 0 Å². The molecule has 1 aliphatic rings. The zero-order valence-electron chi connectivity index (χ0n) is 9.64. The second kappa shape index (κ2) is 4.77. The highest BCUT2D eigenvalue weighted by molar-refractivity contribution is 5.13. The van der Waals surface area contributed by atoms with Crippen LogP contribution in [-0.2, 0) is 13.0 Å². The number of piperazine rings is 1. The Morgan fingerprint density at radius 2 is 2.07 bits per heavy atom. The van der Waals surface area contributed by atoms with Crippen LogP contribution in [0.25, 0.3) is 0 Å². The smallest absolute Gasteiger partial charge is 0.106 e. The van der Waals surface area contributed by atoms with E-state index in [-0.39, 0.29) is 0 Å². The summed E-state index contributed by atoms with van der Waals surface area (Å²) in [5.41, 5.74) is 2.44. The van der Waals surface area contributed by atoms with Crippen LogP contribution in [0.5, 0.6) is 0 Å². The Labute approximate surface area is 91.1 Å². The Morgan fingerprint density at radius 3 is 2.67 bits per heavy atom. The molecule has 0 radical (unpaired) electrons. The fourth-order valence-corrected chi connectivity index (χ4v) is 1.97. The molecule has 4 nitrogen and oxygen atoms in total. The number of hydrogen-bond acceptors (Lipinski definition) is 3. The van der Waals surface area contributed by atoms with Gasteiger partial charge in [0.05, 0.1) is 5.69 Å². The molecule has 2 N–H and O–H groups in total. The van der Waals surface area contributed by atoms with E-state index in [1.807, 2.05) is 0 Å². The van der Waals surface area contributed by atoms with E-state index in [1.54, 1.807) is 0 Å². The molecule has 0 saturated carbocycles. The highest BCUT2D eigenvalue weighted by Crippen LogP contribution is 2.09. The summed E-state index contributed by atoms with van der Waals surface area (Å²) in [6, 6.07) is 0. The first kappa shape index (κ1) is 10.6. The molecular weight excluding hydrogens is 188 g/mol. The van der Waals surface area contributed by atoms with E-state index >= 15 is 0 Å². The van der Waals surface area contributed by atoms with Crippen molar-refractivity contribution in [2.45, 2.75) is 26.8 Å². The van der Waals surface area contributed by atoms with E-state index in [2.05, 4.69) is 34.0 Å². The van der Waals surface area contributed by atoms with Crippen molar-refractivity contribution in [3.8, 4) is 0 Å². The van der Waals surface area contributed by atoms with E-state index < -0.39 is 0 Å². The SMILES string of the molecule is CCc1nc(CN2CCNCC2)c(C)[nH]1. The number of H-pyrrole nitrogens is 1.